The molecule has 0 spiro atoms. The first-order chi connectivity index (χ1) is 17.1. The van der Waals surface area contributed by atoms with Crippen LogP contribution in [-0.4, -0.2) is 63.6 Å². The number of hydrogen-bond donors (Lipinski definition) is 2. The van der Waals surface area contributed by atoms with Crippen LogP contribution in [0.1, 0.15) is 47.5 Å². The van der Waals surface area contributed by atoms with E-state index in [0.29, 0.717) is 50.1 Å². The van der Waals surface area contributed by atoms with Crippen molar-refractivity contribution >= 4 is 17.7 Å². The van der Waals surface area contributed by atoms with Gasteiger partial charge in [0.1, 0.15) is 12.7 Å². The number of carbonyl (C=O) groups excluding carboxylic acids is 3. The van der Waals surface area contributed by atoms with Gasteiger partial charge in [0.2, 0.25) is 11.8 Å². The van der Waals surface area contributed by atoms with Crippen LogP contribution in [0.25, 0.3) is 5.69 Å². The fraction of sp³-hybridized carbons (Fsp3) is 0.346. The average Bonchev–Trinajstić information content (AvgIpc) is 3.42. The van der Waals surface area contributed by atoms with Crippen molar-refractivity contribution in [1.82, 2.24) is 30.3 Å². The maximum absolute atomic E-state index is 13.5. The molecule has 1 aliphatic heterocycles. The average molecular weight is 475 g/mol. The molecule has 9 nitrogen and oxygen atoms in total. The minimum absolute atomic E-state index is 0.00132. The van der Waals surface area contributed by atoms with E-state index in [1.165, 1.54) is 22.2 Å². The quantitative estimate of drug-likeness (QED) is 0.606. The lowest BCUT2D eigenvalue weighted by molar-refractivity contribution is -0.123. The molecule has 1 aromatic heterocycles. The summed E-state index contributed by atoms with van der Waals surface area (Å²) in [4.78, 5) is 44.2. The number of aromatic nitrogens is 3. The van der Waals surface area contributed by atoms with E-state index in [-0.39, 0.29) is 30.2 Å². The highest BCUT2D eigenvalue weighted by Crippen LogP contribution is 2.24. The molecule has 3 amide bonds. The van der Waals surface area contributed by atoms with Gasteiger partial charge in [-0.1, -0.05) is 42.5 Å². The molecule has 0 saturated carbocycles. The van der Waals surface area contributed by atoms with E-state index in [1.807, 2.05) is 24.3 Å². The van der Waals surface area contributed by atoms with Crippen LogP contribution in [0.2, 0.25) is 0 Å². The highest BCUT2D eigenvalue weighted by Gasteiger charge is 2.23. The first kappa shape index (κ1) is 24.1. The van der Waals surface area contributed by atoms with E-state index < -0.39 is 0 Å². The minimum Gasteiger partial charge on any atom is -0.356 e. The number of hydrogen-bond acceptors (Lipinski definition) is 5. The van der Waals surface area contributed by atoms with Crippen molar-refractivity contribution in [1.29, 1.82) is 0 Å². The molecular formula is C26H30N6O3. The summed E-state index contributed by atoms with van der Waals surface area (Å²) in [7, 11) is 0. The normalized spacial score (nSPS) is 18.3. The summed E-state index contributed by atoms with van der Waals surface area (Å²) in [5, 5.41) is 10.1. The van der Waals surface area contributed by atoms with Crippen molar-refractivity contribution in [3.8, 4) is 5.69 Å². The number of para-hydroxylation sites is 1. The highest BCUT2D eigenvalue weighted by molar-refractivity contribution is 5.99. The molecule has 2 heterocycles. The molecule has 0 bridgehead atoms. The van der Waals surface area contributed by atoms with Gasteiger partial charge in [0.05, 0.1) is 17.8 Å². The number of nitrogens with one attached hydrogen (secondary N) is 2. The van der Waals surface area contributed by atoms with Gasteiger partial charge in [-0.05, 0) is 42.9 Å². The zero-order chi connectivity index (χ0) is 24.5. The number of amides is 3. The Balaban J connectivity index is 1.49. The SMILES string of the molecule is O=C1CCC(c2ccccc2)CCNC(=O)CN(C(=O)c2ccccc2-n2cncn2)CCCN1. The lowest BCUT2D eigenvalue weighted by atomic mass is 9.91. The van der Waals surface area contributed by atoms with E-state index in [0.717, 1.165) is 12.0 Å². The van der Waals surface area contributed by atoms with E-state index in [9.17, 15) is 14.4 Å². The van der Waals surface area contributed by atoms with Crippen LogP contribution in [0, 0.1) is 0 Å². The summed E-state index contributed by atoms with van der Waals surface area (Å²) in [5.41, 5.74) is 2.18. The van der Waals surface area contributed by atoms with Crippen molar-refractivity contribution in [2.24, 2.45) is 0 Å². The summed E-state index contributed by atoms with van der Waals surface area (Å²) in [6.45, 7) is 1.18. The molecule has 1 fully saturated rings. The van der Waals surface area contributed by atoms with Gasteiger partial charge in [0.15, 0.2) is 0 Å². The molecule has 9 heteroatoms. The summed E-state index contributed by atoms with van der Waals surface area (Å²) in [6, 6.07) is 17.2. The predicted molar refractivity (Wildman–Crippen MR) is 131 cm³/mol. The predicted octanol–water partition coefficient (Wildman–Crippen LogP) is 2.30. The van der Waals surface area contributed by atoms with Crippen LogP contribution in [0.5, 0.6) is 0 Å². The molecule has 4 rings (SSSR count). The Morgan fingerprint density at radius 3 is 2.49 bits per heavy atom. The molecule has 0 aliphatic carbocycles. The van der Waals surface area contributed by atoms with Crippen LogP contribution in [0.15, 0.2) is 67.3 Å². The Kier molecular flexibility index (Phi) is 8.21. The van der Waals surface area contributed by atoms with Gasteiger partial charge < -0.3 is 15.5 Å². The summed E-state index contributed by atoms with van der Waals surface area (Å²) in [5.74, 6) is -0.310. The maximum Gasteiger partial charge on any atom is 0.256 e. The van der Waals surface area contributed by atoms with Crippen molar-refractivity contribution < 1.29 is 14.4 Å². The molecule has 1 saturated heterocycles. The molecular weight excluding hydrogens is 444 g/mol. The topological polar surface area (TPSA) is 109 Å². The second-order valence-corrected chi connectivity index (χ2v) is 8.57. The van der Waals surface area contributed by atoms with Crippen molar-refractivity contribution in [3.63, 3.8) is 0 Å². The molecule has 1 aliphatic rings. The molecule has 1 unspecified atom stereocenters. The Hall–Kier alpha value is -4.01. The first-order valence-corrected chi connectivity index (χ1v) is 11.9. The van der Waals surface area contributed by atoms with E-state index in [4.69, 9.17) is 0 Å². The second kappa shape index (κ2) is 11.9. The van der Waals surface area contributed by atoms with E-state index in [2.05, 4.69) is 32.8 Å². The van der Waals surface area contributed by atoms with Crippen molar-refractivity contribution in [2.45, 2.75) is 31.6 Å². The van der Waals surface area contributed by atoms with E-state index in [1.54, 1.807) is 18.2 Å². The summed E-state index contributed by atoms with van der Waals surface area (Å²) < 4.78 is 1.53. The van der Waals surface area contributed by atoms with Crippen LogP contribution in [0.3, 0.4) is 0 Å². The Morgan fingerprint density at radius 2 is 1.69 bits per heavy atom. The Morgan fingerprint density at radius 1 is 0.914 bits per heavy atom. The zero-order valence-electron chi connectivity index (χ0n) is 19.6. The molecule has 2 N–H and O–H groups in total. The lowest BCUT2D eigenvalue weighted by Crippen LogP contribution is -2.43. The third-order valence-electron chi connectivity index (χ3n) is 6.15. The fourth-order valence-corrected chi connectivity index (χ4v) is 4.32. The molecule has 3 aromatic rings. The molecule has 182 valence electrons. The second-order valence-electron chi connectivity index (χ2n) is 8.57. The van der Waals surface area contributed by atoms with Gasteiger partial charge in [-0.2, -0.15) is 5.10 Å². The molecule has 35 heavy (non-hydrogen) atoms. The number of carbonyl (C=O) groups is 3. The molecule has 1 atom stereocenters. The minimum atomic E-state index is -0.271. The summed E-state index contributed by atoms with van der Waals surface area (Å²) >= 11 is 0. The molecule has 0 radical (unpaired) electrons. The van der Waals surface area contributed by atoms with Gasteiger partial charge >= 0.3 is 0 Å². The Bertz CT molecular complexity index is 1130. The van der Waals surface area contributed by atoms with Crippen molar-refractivity contribution in [3.05, 3.63) is 78.4 Å². The summed E-state index contributed by atoms with van der Waals surface area (Å²) in [6.07, 6.45) is 5.32. The smallest absolute Gasteiger partial charge is 0.256 e. The fourth-order valence-electron chi connectivity index (χ4n) is 4.32. The van der Waals surface area contributed by atoms with Gasteiger partial charge in [-0.3, -0.25) is 14.4 Å². The monoisotopic (exact) mass is 474 g/mol. The maximum atomic E-state index is 13.5. The van der Waals surface area contributed by atoms with Gasteiger partial charge in [0, 0.05) is 26.1 Å². The first-order valence-electron chi connectivity index (χ1n) is 11.9. The van der Waals surface area contributed by atoms with Gasteiger partial charge in [-0.25, -0.2) is 9.67 Å². The largest absolute Gasteiger partial charge is 0.356 e. The molecule has 2 aromatic carbocycles. The van der Waals surface area contributed by atoms with Gasteiger partial charge in [-0.15, -0.1) is 0 Å². The van der Waals surface area contributed by atoms with E-state index >= 15 is 0 Å². The standard InChI is InChI=1S/C26H30N6O3/c33-24-12-11-21(20-7-2-1-3-8-20)13-15-29-25(34)17-31(16-6-14-28-24)26(35)22-9-4-5-10-23(22)32-19-27-18-30-32/h1-5,7-10,18-19,21H,6,11-17H2,(H,28,33)(H,29,34). The lowest BCUT2D eigenvalue weighted by Gasteiger charge is -2.24. The van der Waals surface area contributed by atoms with Crippen LogP contribution in [-0.2, 0) is 9.59 Å². The van der Waals surface area contributed by atoms with Crippen LogP contribution < -0.4 is 10.6 Å². The number of benzene rings is 2. The van der Waals surface area contributed by atoms with Crippen LogP contribution in [0.4, 0.5) is 0 Å². The third-order valence-corrected chi connectivity index (χ3v) is 6.15. The Labute approximate surface area is 204 Å². The number of nitrogens with zero attached hydrogens (tertiary/aromatic N) is 4. The van der Waals surface area contributed by atoms with Gasteiger partial charge in [0.25, 0.3) is 5.91 Å². The third kappa shape index (κ3) is 6.53. The number of rotatable bonds is 3. The highest BCUT2D eigenvalue weighted by atomic mass is 16.2. The zero-order valence-corrected chi connectivity index (χ0v) is 19.6. The van der Waals surface area contributed by atoms with Crippen LogP contribution >= 0.6 is 0 Å². The van der Waals surface area contributed by atoms with Crippen molar-refractivity contribution in [2.75, 3.05) is 26.2 Å².